The third kappa shape index (κ3) is 5.47. The van der Waals surface area contributed by atoms with E-state index in [1.54, 1.807) is 0 Å². The van der Waals surface area contributed by atoms with Crippen molar-refractivity contribution in [3.8, 4) is 0 Å². The van der Waals surface area contributed by atoms with Crippen LogP contribution in [0.4, 0.5) is 0 Å². The molecule has 17 heavy (non-hydrogen) atoms. The monoisotopic (exact) mass is 264 g/mol. The minimum Gasteiger partial charge on any atom is -0.481 e. The van der Waals surface area contributed by atoms with Crippen molar-refractivity contribution >= 4 is 16.0 Å². The van der Waals surface area contributed by atoms with E-state index in [4.69, 9.17) is 5.11 Å². The van der Waals surface area contributed by atoms with Gasteiger partial charge in [0.2, 0.25) is 10.0 Å². The SMILES string of the molecule is CC1(NS(=O)(=O)CCCC(=O)O)CCNCC1. The molecule has 1 aliphatic heterocycles. The number of sulfonamides is 1. The Morgan fingerprint density at radius 3 is 2.53 bits per heavy atom. The molecule has 0 amide bonds. The largest absolute Gasteiger partial charge is 0.481 e. The maximum atomic E-state index is 11.8. The van der Waals surface area contributed by atoms with E-state index in [2.05, 4.69) is 10.0 Å². The van der Waals surface area contributed by atoms with Crippen molar-refractivity contribution in [3.05, 3.63) is 0 Å². The Kier molecular flexibility index (Phi) is 4.91. The van der Waals surface area contributed by atoms with Crippen molar-refractivity contribution < 1.29 is 18.3 Å². The second kappa shape index (κ2) is 5.79. The zero-order chi connectivity index (χ0) is 12.9. The Morgan fingerprint density at radius 2 is 2.00 bits per heavy atom. The summed E-state index contributed by atoms with van der Waals surface area (Å²) in [6, 6.07) is 0. The van der Waals surface area contributed by atoms with Gasteiger partial charge in [-0.2, -0.15) is 0 Å². The average Bonchev–Trinajstić information content (AvgIpc) is 2.15. The molecule has 0 aromatic heterocycles. The molecular weight excluding hydrogens is 244 g/mol. The topological polar surface area (TPSA) is 95.5 Å². The second-order valence-electron chi connectivity index (χ2n) is 4.73. The molecule has 0 bridgehead atoms. The molecule has 100 valence electrons. The van der Waals surface area contributed by atoms with Crippen LogP contribution in [0.3, 0.4) is 0 Å². The highest BCUT2D eigenvalue weighted by Crippen LogP contribution is 2.18. The molecule has 1 aliphatic rings. The number of carbonyl (C=O) groups is 1. The van der Waals surface area contributed by atoms with Gasteiger partial charge in [-0.1, -0.05) is 0 Å². The molecule has 0 atom stereocenters. The van der Waals surface area contributed by atoms with Crippen LogP contribution < -0.4 is 10.0 Å². The molecule has 7 heteroatoms. The van der Waals surface area contributed by atoms with Crippen LogP contribution in [0.2, 0.25) is 0 Å². The molecule has 0 aromatic rings. The van der Waals surface area contributed by atoms with Crippen molar-refractivity contribution in [3.63, 3.8) is 0 Å². The van der Waals surface area contributed by atoms with Gasteiger partial charge in [0.25, 0.3) is 0 Å². The fourth-order valence-electron chi connectivity index (χ4n) is 1.92. The summed E-state index contributed by atoms with van der Waals surface area (Å²) in [5.41, 5.74) is -0.396. The van der Waals surface area contributed by atoms with Crippen LogP contribution in [-0.4, -0.2) is 43.9 Å². The molecule has 1 saturated heterocycles. The maximum absolute atomic E-state index is 11.8. The number of nitrogens with one attached hydrogen (secondary N) is 2. The molecule has 0 spiro atoms. The fourth-order valence-corrected chi connectivity index (χ4v) is 3.50. The molecule has 0 aliphatic carbocycles. The van der Waals surface area contributed by atoms with Crippen molar-refractivity contribution in [2.24, 2.45) is 0 Å². The highest BCUT2D eigenvalue weighted by molar-refractivity contribution is 7.89. The summed E-state index contributed by atoms with van der Waals surface area (Å²) in [5.74, 6) is -1.09. The van der Waals surface area contributed by atoms with Gasteiger partial charge in [0.1, 0.15) is 0 Å². The summed E-state index contributed by atoms with van der Waals surface area (Å²) in [4.78, 5) is 10.3. The van der Waals surface area contributed by atoms with Gasteiger partial charge in [0, 0.05) is 12.0 Å². The Hall–Kier alpha value is -0.660. The predicted octanol–water partition coefficient (Wildman–Crippen LogP) is -0.0873. The van der Waals surface area contributed by atoms with Crippen molar-refractivity contribution in [1.29, 1.82) is 0 Å². The van der Waals surface area contributed by atoms with Crippen LogP contribution in [-0.2, 0) is 14.8 Å². The van der Waals surface area contributed by atoms with E-state index in [9.17, 15) is 13.2 Å². The lowest BCUT2D eigenvalue weighted by molar-refractivity contribution is -0.137. The third-order valence-corrected chi connectivity index (χ3v) is 4.54. The number of aliphatic carboxylic acids is 1. The molecule has 0 radical (unpaired) electrons. The summed E-state index contributed by atoms with van der Waals surface area (Å²) in [7, 11) is -3.38. The van der Waals surface area contributed by atoms with Crippen molar-refractivity contribution in [2.75, 3.05) is 18.8 Å². The summed E-state index contributed by atoms with van der Waals surface area (Å²) in [5, 5.41) is 11.6. The molecule has 6 nitrogen and oxygen atoms in total. The zero-order valence-electron chi connectivity index (χ0n) is 10.0. The highest BCUT2D eigenvalue weighted by Gasteiger charge is 2.30. The number of carboxylic acids is 1. The lowest BCUT2D eigenvalue weighted by Crippen LogP contribution is -2.52. The summed E-state index contributed by atoms with van der Waals surface area (Å²) in [6.45, 7) is 3.49. The first kappa shape index (κ1) is 14.4. The lowest BCUT2D eigenvalue weighted by Gasteiger charge is -2.34. The number of rotatable bonds is 6. The van der Waals surface area contributed by atoms with E-state index in [1.807, 2.05) is 6.92 Å². The Bertz CT molecular complexity index is 361. The van der Waals surface area contributed by atoms with Gasteiger partial charge >= 0.3 is 5.97 Å². The molecule has 3 N–H and O–H groups in total. The normalized spacial score (nSPS) is 20.1. The van der Waals surface area contributed by atoms with E-state index >= 15 is 0 Å². The number of hydrogen-bond acceptors (Lipinski definition) is 4. The second-order valence-corrected chi connectivity index (χ2v) is 6.57. The van der Waals surface area contributed by atoms with E-state index in [-0.39, 0.29) is 18.6 Å². The molecule has 0 aromatic carbocycles. The van der Waals surface area contributed by atoms with Crippen LogP contribution in [0.1, 0.15) is 32.6 Å². The quantitative estimate of drug-likeness (QED) is 0.623. The van der Waals surface area contributed by atoms with Gasteiger partial charge in [-0.05, 0) is 39.3 Å². The highest BCUT2D eigenvalue weighted by atomic mass is 32.2. The third-order valence-electron chi connectivity index (χ3n) is 2.91. The number of carboxylic acid groups (broad SMARTS) is 1. The summed E-state index contributed by atoms with van der Waals surface area (Å²) in [6.07, 6.45) is 1.55. The zero-order valence-corrected chi connectivity index (χ0v) is 10.8. The van der Waals surface area contributed by atoms with E-state index < -0.39 is 21.5 Å². The van der Waals surface area contributed by atoms with Crippen LogP contribution >= 0.6 is 0 Å². The molecule has 1 fully saturated rings. The van der Waals surface area contributed by atoms with Crippen molar-refractivity contribution in [2.45, 2.75) is 38.1 Å². The van der Waals surface area contributed by atoms with E-state index in [1.165, 1.54) is 0 Å². The van der Waals surface area contributed by atoms with Crippen molar-refractivity contribution in [1.82, 2.24) is 10.0 Å². The van der Waals surface area contributed by atoms with E-state index in [0.717, 1.165) is 25.9 Å². The van der Waals surface area contributed by atoms with Crippen LogP contribution in [0, 0.1) is 0 Å². The van der Waals surface area contributed by atoms with Crippen LogP contribution in [0.25, 0.3) is 0 Å². The first-order valence-electron chi connectivity index (χ1n) is 5.77. The van der Waals surface area contributed by atoms with Gasteiger partial charge in [-0.3, -0.25) is 4.79 Å². The minimum atomic E-state index is -3.38. The predicted molar refractivity (Wildman–Crippen MR) is 64.3 cm³/mol. The maximum Gasteiger partial charge on any atom is 0.303 e. The van der Waals surface area contributed by atoms with Gasteiger partial charge in [-0.25, -0.2) is 13.1 Å². The van der Waals surface area contributed by atoms with Crippen LogP contribution in [0.5, 0.6) is 0 Å². The Morgan fingerprint density at radius 1 is 1.41 bits per heavy atom. The first-order chi connectivity index (χ1) is 7.83. The Labute approximate surface area is 102 Å². The van der Waals surface area contributed by atoms with Crippen LogP contribution in [0.15, 0.2) is 0 Å². The van der Waals surface area contributed by atoms with Gasteiger partial charge in [0.05, 0.1) is 5.75 Å². The smallest absolute Gasteiger partial charge is 0.303 e. The van der Waals surface area contributed by atoms with Gasteiger partial charge in [0.15, 0.2) is 0 Å². The lowest BCUT2D eigenvalue weighted by atomic mass is 9.92. The van der Waals surface area contributed by atoms with Gasteiger partial charge < -0.3 is 10.4 Å². The standard InChI is InChI=1S/C10H20N2O4S/c1-10(4-6-11-7-5-10)12-17(15,16)8-2-3-9(13)14/h11-12H,2-8H2,1H3,(H,13,14). The fraction of sp³-hybridized carbons (Fsp3) is 0.900. The first-order valence-corrected chi connectivity index (χ1v) is 7.42. The van der Waals surface area contributed by atoms with E-state index in [0.29, 0.717) is 0 Å². The molecule has 1 heterocycles. The molecule has 0 unspecified atom stereocenters. The molecule has 1 rings (SSSR count). The number of hydrogen-bond donors (Lipinski definition) is 3. The Balaban J connectivity index is 2.45. The molecule has 0 saturated carbocycles. The van der Waals surface area contributed by atoms with Gasteiger partial charge in [-0.15, -0.1) is 0 Å². The molecular formula is C10H20N2O4S. The minimum absolute atomic E-state index is 0.112. The summed E-state index contributed by atoms with van der Waals surface area (Å²) >= 11 is 0. The summed E-state index contributed by atoms with van der Waals surface area (Å²) < 4.78 is 26.2. The average molecular weight is 264 g/mol. The number of piperidine rings is 1.